The van der Waals surface area contributed by atoms with Gasteiger partial charge in [-0.2, -0.15) is 0 Å². The summed E-state index contributed by atoms with van der Waals surface area (Å²) in [6, 6.07) is -0.220. The van der Waals surface area contributed by atoms with Crippen molar-refractivity contribution in [2.75, 3.05) is 20.3 Å². The van der Waals surface area contributed by atoms with Gasteiger partial charge in [-0.3, -0.25) is 4.48 Å². The molecule has 1 aliphatic rings. The molecule has 1 unspecified atom stereocenters. The summed E-state index contributed by atoms with van der Waals surface area (Å²) in [5.41, 5.74) is 5.47. The van der Waals surface area contributed by atoms with E-state index in [1.165, 1.54) is 0 Å². The smallest absolute Gasteiger partial charge is 0.258 e. The lowest BCUT2D eigenvalue weighted by Crippen LogP contribution is -2.71. The number of likely N-dealkylation sites (tertiary alicyclic amines) is 1. The first-order chi connectivity index (χ1) is 7.25. The topological polar surface area (TPSA) is 75.4 Å². The van der Waals surface area contributed by atoms with Crippen LogP contribution in [0.5, 0.6) is 0 Å². The Morgan fingerprint density at radius 2 is 2.12 bits per heavy atom. The Bertz CT molecular complexity index is 275. The van der Waals surface area contributed by atoms with Gasteiger partial charge in [-0.25, -0.2) is 0 Å². The second-order valence-electron chi connectivity index (χ2n) is 5.59. The molecular formula is C11H22N2O3. The van der Waals surface area contributed by atoms with Gasteiger partial charge in [-0.05, 0) is 20.8 Å². The van der Waals surface area contributed by atoms with Gasteiger partial charge in [-0.15, -0.1) is 0 Å². The quantitative estimate of drug-likeness (QED) is 0.660. The van der Waals surface area contributed by atoms with E-state index in [1.54, 1.807) is 7.11 Å². The summed E-state index contributed by atoms with van der Waals surface area (Å²) in [5.74, 6) is 0. The zero-order chi connectivity index (χ0) is 12.6. The van der Waals surface area contributed by atoms with Gasteiger partial charge >= 0.3 is 0 Å². The third-order valence-corrected chi connectivity index (χ3v) is 3.60. The van der Waals surface area contributed by atoms with Crippen molar-refractivity contribution in [2.45, 2.75) is 44.8 Å². The van der Waals surface area contributed by atoms with Crippen molar-refractivity contribution in [3.05, 3.63) is 0 Å². The number of amides is 1. The van der Waals surface area contributed by atoms with Crippen LogP contribution in [0.3, 0.4) is 0 Å². The van der Waals surface area contributed by atoms with Crippen LogP contribution in [0.4, 0.5) is 4.79 Å². The molecule has 0 spiro atoms. The molecule has 0 radical (unpaired) electrons. The maximum atomic E-state index is 11.6. The van der Waals surface area contributed by atoms with Crippen LogP contribution in [-0.4, -0.2) is 48.5 Å². The predicted octanol–water partition coefficient (Wildman–Crippen LogP) is -0.309. The standard InChI is InChI=1S/C11H22N2O3/c1-11(2,3)13(10(14)15)6-8(12)5-9(13)7-16-4/h8-9H,5-7,12H2,1-4H3/t8-,9-,13?/m1/s1. The number of quaternary nitrogens is 1. The largest absolute Gasteiger partial charge is 0.498 e. The Balaban J connectivity index is 3.12. The van der Waals surface area contributed by atoms with Crippen molar-refractivity contribution >= 4 is 6.09 Å². The molecule has 16 heavy (non-hydrogen) atoms. The first kappa shape index (κ1) is 13.4. The van der Waals surface area contributed by atoms with Gasteiger partial charge < -0.3 is 20.4 Å². The van der Waals surface area contributed by atoms with Crippen molar-refractivity contribution < 1.29 is 19.1 Å². The van der Waals surface area contributed by atoms with Crippen LogP contribution in [0.25, 0.3) is 0 Å². The van der Waals surface area contributed by atoms with E-state index in [-0.39, 0.29) is 16.6 Å². The molecule has 0 bridgehead atoms. The highest BCUT2D eigenvalue weighted by atomic mass is 16.5. The normalized spacial score (nSPS) is 35.3. The molecular weight excluding hydrogens is 208 g/mol. The number of methoxy groups -OCH3 is 1. The molecule has 1 aliphatic heterocycles. The number of hydrogen-bond acceptors (Lipinski definition) is 4. The van der Waals surface area contributed by atoms with Crippen LogP contribution in [0.1, 0.15) is 27.2 Å². The van der Waals surface area contributed by atoms with E-state index in [0.717, 1.165) is 0 Å². The van der Waals surface area contributed by atoms with Crippen molar-refractivity contribution in [1.29, 1.82) is 0 Å². The maximum Gasteiger partial charge on any atom is 0.258 e. The lowest BCUT2D eigenvalue weighted by molar-refractivity contribution is -0.930. The Kier molecular flexibility index (Phi) is 3.62. The second-order valence-corrected chi connectivity index (χ2v) is 5.59. The van der Waals surface area contributed by atoms with Crippen LogP contribution >= 0.6 is 0 Å². The molecule has 5 nitrogen and oxygen atoms in total. The fourth-order valence-corrected chi connectivity index (χ4v) is 2.83. The maximum absolute atomic E-state index is 11.6. The minimum Gasteiger partial charge on any atom is -0.498 e. The molecule has 0 aromatic carbocycles. The number of carbonyl (C=O) groups is 1. The van der Waals surface area contributed by atoms with Gasteiger partial charge in [0.25, 0.3) is 6.09 Å². The highest BCUT2D eigenvalue weighted by Crippen LogP contribution is 2.36. The van der Waals surface area contributed by atoms with Gasteiger partial charge in [0, 0.05) is 13.5 Å². The minimum absolute atomic E-state index is 0.0997. The number of carbonyl (C=O) groups excluding carboxylic acids is 1. The van der Waals surface area contributed by atoms with Crippen LogP contribution in [0.15, 0.2) is 0 Å². The van der Waals surface area contributed by atoms with E-state index in [9.17, 15) is 9.90 Å². The van der Waals surface area contributed by atoms with Crippen LogP contribution in [-0.2, 0) is 4.74 Å². The zero-order valence-electron chi connectivity index (χ0n) is 10.5. The summed E-state index contributed by atoms with van der Waals surface area (Å²) in [6.45, 7) is 6.54. The minimum atomic E-state index is -1.05. The molecule has 1 heterocycles. The Labute approximate surface area is 96.8 Å². The van der Waals surface area contributed by atoms with Gasteiger partial charge in [0.2, 0.25) is 0 Å². The number of nitrogens with zero attached hydrogens (tertiary/aromatic N) is 1. The summed E-state index contributed by atoms with van der Waals surface area (Å²) >= 11 is 0. The third kappa shape index (κ3) is 1.95. The van der Waals surface area contributed by atoms with Gasteiger partial charge in [-0.1, -0.05) is 0 Å². The molecule has 0 saturated carbocycles. The number of nitrogens with two attached hydrogens (primary N) is 1. The zero-order valence-corrected chi connectivity index (χ0v) is 10.5. The number of hydrogen-bond donors (Lipinski definition) is 1. The molecule has 1 saturated heterocycles. The van der Waals surface area contributed by atoms with E-state index in [1.807, 2.05) is 20.8 Å². The summed E-state index contributed by atoms with van der Waals surface area (Å²) in [7, 11) is 1.58. The Morgan fingerprint density at radius 3 is 2.50 bits per heavy atom. The summed E-state index contributed by atoms with van der Waals surface area (Å²) in [4.78, 5) is 11.6. The molecule has 94 valence electrons. The summed E-state index contributed by atoms with van der Waals surface area (Å²) < 4.78 is 5.00. The van der Waals surface area contributed by atoms with E-state index >= 15 is 0 Å². The second kappa shape index (κ2) is 4.31. The fraction of sp³-hybridized carbons (Fsp3) is 0.909. The third-order valence-electron chi connectivity index (χ3n) is 3.60. The lowest BCUT2D eigenvalue weighted by atomic mass is 10.00. The summed E-state index contributed by atoms with van der Waals surface area (Å²) in [5, 5.41) is 11.6. The molecule has 1 fully saturated rings. The molecule has 1 amide bonds. The summed E-state index contributed by atoms with van der Waals surface area (Å²) in [6.07, 6.45) is -0.387. The van der Waals surface area contributed by atoms with E-state index in [4.69, 9.17) is 10.5 Å². The van der Waals surface area contributed by atoms with Crippen molar-refractivity contribution in [3.8, 4) is 0 Å². The molecule has 3 atom stereocenters. The van der Waals surface area contributed by atoms with E-state index in [2.05, 4.69) is 0 Å². The van der Waals surface area contributed by atoms with E-state index in [0.29, 0.717) is 19.6 Å². The molecule has 0 aromatic heterocycles. The highest BCUT2D eigenvalue weighted by Gasteiger charge is 2.54. The van der Waals surface area contributed by atoms with Crippen LogP contribution in [0, 0.1) is 0 Å². The van der Waals surface area contributed by atoms with Crippen molar-refractivity contribution in [3.63, 3.8) is 0 Å². The lowest BCUT2D eigenvalue weighted by Gasteiger charge is -2.49. The van der Waals surface area contributed by atoms with Gasteiger partial charge in [0.05, 0.1) is 18.2 Å². The van der Waals surface area contributed by atoms with Gasteiger partial charge in [0.1, 0.15) is 12.6 Å². The molecule has 1 rings (SSSR count). The van der Waals surface area contributed by atoms with E-state index < -0.39 is 11.6 Å². The first-order valence-corrected chi connectivity index (χ1v) is 5.59. The van der Waals surface area contributed by atoms with Crippen LogP contribution < -0.4 is 10.8 Å². The number of carboxylic acid groups (broad SMARTS) is 1. The average molecular weight is 230 g/mol. The Hall–Kier alpha value is -0.650. The first-order valence-electron chi connectivity index (χ1n) is 5.59. The molecule has 0 aromatic rings. The monoisotopic (exact) mass is 230 g/mol. The number of ether oxygens (including phenoxy) is 1. The van der Waals surface area contributed by atoms with Crippen molar-refractivity contribution in [2.24, 2.45) is 5.73 Å². The molecule has 5 heteroatoms. The molecule has 2 N–H and O–H groups in total. The molecule has 0 aliphatic carbocycles. The SMILES string of the molecule is COC[C@H]1C[C@@H](N)C[N+]1(C(=O)[O-])C(C)(C)C. The van der Waals surface area contributed by atoms with Crippen molar-refractivity contribution in [1.82, 2.24) is 0 Å². The average Bonchev–Trinajstić information content (AvgIpc) is 2.43. The van der Waals surface area contributed by atoms with Gasteiger partial charge in [0.15, 0.2) is 0 Å². The predicted molar refractivity (Wildman–Crippen MR) is 58.5 cm³/mol. The number of rotatable bonds is 2. The highest BCUT2D eigenvalue weighted by molar-refractivity contribution is 5.55. The van der Waals surface area contributed by atoms with Crippen LogP contribution in [0.2, 0.25) is 0 Å². The Morgan fingerprint density at radius 1 is 1.56 bits per heavy atom. The fourth-order valence-electron chi connectivity index (χ4n) is 2.83.